The van der Waals surface area contributed by atoms with Crippen molar-refractivity contribution in [2.24, 2.45) is 0 Å². The molecule has 0 aromatic carbocycles. The van der Waals surface area contributed by atoms with E-state index in [4.69, 9.17) is 4.74 Å². The van der Waals surface area contributed by atoms with E-state index < -0.39 is 12.8 Å². The summed E-state index contributed by atoms with van der Waals surface area (Å²) in [6, 6.07) is 4.94. The number of hydrogen-bond acceptors (Lipinski definition) is 4. The molecule has 0 unspecified atom stereocenters. The summed E-state index contributed by atoms with van der Waals surface area (Å²) in [5.74, 6) is -0.0982. The van der Waals surface area contributed by atoms with Crippen molar-refractivity contribution in [3.63, 3.8) is 0 Å². The fourth-order valence-corrected chi connectivity index (χ4v) is 2.76. The molecule has 0 spiro atoms. The average Bonchev–Trinajstić information content (AvgIpc) is 3.35. The van der Waals surface area contributed by atoms with Gasteiger partial charge in [-0.2, -0.15) is 18.3 Å². The van der Waals surface area contributed by atoms with Gasteiger partial charge in [0.2, 0.25) is 5.88 Å². The van der Waals surface area contributed by atoms with E-state index in [0.29, 0.717) is 17.2 Å². The van der Waals surface area contributed by atoms with Crippen molar-refractivity contribution in [3.05, 3.63) is 41.3 Å². The Kier molecular flexibility index (Phi) is 5.36. The van der Waals surface area contributed by atoms with Crippen LogP contribution in [-0.2, 0) is 12.1 Å². The molecular weight excluding hydrogens is 373 g/mol. The first kappa shape index (κ1) is 20.2. The summed E-state index contributed by atoms with van der Waals surface area (Å²) < 4.78 is 43.7. The average molecular weight is 396 g/mol. The molecule has 1 N–H and O–H groups in total. The number of carbonyl (C=O) groups is 1. The minimum absolute atomic E-state index is 0.00600. The zero-order valence-electron chi connectivity index (χ0n) is 16.0. The first-order valence-corrected chi connectivity index (χ1v) is 9.07. The quantitative estimate of drug-likeness (QED) is 0.807. The van der Waals surface area contributed by atoms with Gasteiger partial charge in [-0.1, -0.05) is 6.07 Å². The lowest BCUT2D eigenvalue weighted by Gasteiger charge is -2.22. The van der Waals surface area contributed by atoms with Gasteiger partial charge in [0.05, 0.1) is 11.2 Å². The number of pyridine rings is 1. The molecule has 0 atom stereocenters. The van der Waals surface area contributed by atoms with Gasteiger partial charge >= 0.3 is 6.18 Å². The largest absolute Gasteiger partial charge is 0.468 e. The zero-order valence-corrected chi connectivity index (χ0v) is 16.0. The third-order valence-corrected chi connectivity index (χ3v) is 4.25. The van der Waals surface area contributed by atoms with Crippen LogP contribution in [-0.4, -0.2) is 33.5 Å². The van der Waals surface area contributed by atoms with Crippen LogP contribution in [0.2, 0.25) is 0 Å². The summed E-state index contributed by atoms with van der Waals surface area (Å²) in [4.78, 5) is 16.6. The van der Waals surface area contributed by atoms with E-state index in [9.17, 15) is 18.0 Å². The van der Waals surface area contributed by atoms with Gasteiger partial charge < -0.3 is 10.1 Å². The summed E-state index contributed by atoms with van der Waals surface area (Å²) >= 11 is 0. The molecular formula is C19H23F3N4O2. The highest BCUT2D eigenvalue weighted by Crippen LogP contribution is 2.40. The lowest BCUT2D eigenvalue weighted by atomic mass is 10.1. The smallest absolute Gasteiger partial charge is 0.422 e. The topological polar surface area (TPSA) is 69.0 Å². The van der Waals surface area contributed by atoms with Crippen LogP contribution in [0.5, 0.6) is 5.88 Å². The van der Waals surface area contributed by atoms with E-state index in [0.717, 1.165) is 18.5 Å². The maximum absolute atomic E-state index is 12.8. The Morgan fingerprint density at radius 1 is 1.32 bits per heavy atom. The normalized spacial score (nSPS) is 14.8. The van der Waals surface area contributed by atoms with Gasteiger partial charge in [0.1, 0.15) is 5.69 Å². The van der Waals surface area contributed by atoms with Crippen molar-refractivity contribution in [2.75, 3.05) is 6.61 Å². The van der Waals surface area contributed by atoms with E-state index in [2.05, 4.69) is 15.4 Å². The number of halogens is 3. The lowest BCUT2D eigenvalue weighted by molar-refractivity contribution is -0.154. The molecule has 2 aromatic rings. The summed E-state index contributed by atoms with van der Waals surface area (Å²) in [5, 5.41) is 7.32. The van der Waals surface area contributed by atoms with E-state index in [1.807, 2.05) is 20.8 Å². The van der Waals surface area contributed by atoms with Gasteiger partial charge in [0.15, 0.2) is 6.61 Å². The van der Waals surface area contributed by atoms with Gasteiger partial charge in [-0.3, -0.25) is 9.48 Å². The van der Waals surface area contributed by atoms with Crippen molar-refractivity contribution in [3.8, 4) is 5.88 Å². The highest BCUT2D eigenvalue weighted by atomic mass is 19.4. The number of aromatic nitrogens is 3. The first-order valence-electron chi connectivity index (χ1n) is 9.07. The van der Waals surface area contributed by atoms with Crippen LogP contribution in [0.1, 0.15) is 61.3 Å². The molecule has 9 heteroatoms. The molecule has 1 saturated carbocycles. The van der Waals surface area contributed by atoms with Crippen molar-refractivity contribution in [1.82, 2.24) is 20.1 Å². The van der Waals surface area contributed by atoms with Crippen LogP contribution in [0.3, 0.4) is 0 Å². The molecule has 1 aliphatic rings. The predicted molar refractivity (Wildman–Crippen MR) is 96.2 cm³/mol. The Balaban J connectivity index is 1.73. The molecule has 1 amide bonds. The third kappa shape index (κ3) is 5.02. The molecule has 152 valence electrons. The molecule has 0 saturated heterocycles. The van der Waals surface area contributed by atoms with Crippen LogP contribution in [0.25, 0.3) is 0 Å². The van der Waals surface area contributed by atoms with Gasteiger partial charge in [-0.05, 0) is 45.7 Å². The number of amides is 1. The Hall–Kier alpha value is -2.58. The molecule has 3 rings (SSSR count). The fourth-order valence-electron chi connectivity index (χ4n) is 2.76. The number of rotatable bonds is 6. The van der Waals surface area contributed by atoms with Crippen LogP contribution in [0.4, 0.5) is 13.2 Å². The maximum atomic E-state index is 12.8. The zero-order chi connectivity index (χ0) is 20.5. The van der Waals surface area contributed by atoms with Crippen molar-refractivity contribution >= 4 is 5.91 Å². The van der Waals surface area contributed by atoms with Crippen molar-refractivity contribution in [1.29, 1.82) is 0 Å². The Labute approximate surface area is 161 Å². The highest BCUT2D eigenvalue weighted by molar-refractivity contribution is 5.92. The Morgan fingerprint density at radius 3 is 2.64 bits per heavy atom. The predicted octanol–water partition coefficient (Wildman–Crippen LogP) is 3.78. The van der Waals surface area contributed by atoms with Gasteiger partial charge in [0, 0.05) is 24.2 Å². The molecule has 2 aromatic heterocycles. The first-order chi connectivity index (χ1) is 13.0. The molecule has 0 bridgehead atoms. The molecule has 2 heterocycles. The standard InChI is InChI=1S/C19H23F3N4O2/c1-18(2,3)26-15(9-14(25-26)12-6-7-12)16(27)24-10-13-5-4-8-23-17(13)28-11-19(20,21)22/h4-5,8-9,12H,6-7,10-11H2,1-3H3,(H,24,27). The molecule has 1 aliphatic carbocycles. The van der Waals surface area contributed by atoms with Crippen LogP contribution in [0.15, 0.2) is 24.4 Å². The van der Waals surface area contributed by atoms with E-state index in [-0.39, 0.29) is 23.9 Å². The summed E-state index contributed by atoms with van der Waals surface area (Å²) in [6.07, 6.45) is -0.986. The second kappa shape index (κ2) is 7.44. The summed E-state index contributed by atoms with van der Waals surface area (Å²) in [6.45, 7) is 4.42. The maximum Gasteiger partial charge on any atom is 0.422 e. The van der Waals surface area contributed by atoms with E-state index >= 15 is 0 Å². The number of carbonyl (C=O) groups excluding carboxylic acids is 1. The van der Waals surface area contributed by atoms with Crippen LogP contribution in [0, 0.1) is 0 Å². The van der Waals surface area contributed by atoms with E-state index in [1.165, 1.54) is 6.20 Å². The van der Waals surface area contributed by atoms with E-state index in [1.54, 1.807) is 22.9 Å². The summed E-state index contributed by atoms with van der Waals surface area (Å²) in [7, 11) is 0. The van der Waals surface area contributed by atoms with Gasteiger partial charge in [0.25, 0.3) is 5.91 Å². The number of nitrogens with zero attached hydrogens (tertiary/aromatic N) is 3. The minimum Gasteiger partial charge on any atom is -0.468 e. The Bertz CT molecular complexity index is 852. The lowest BCUT2D eigenvalue weighted by Crippen LogP contribution is -2.32. The minimum atomic E-state index is -4.46. The number of hydrogen-bond donors (Lipinski definition) is 1. The Morgan fingerprint density at radius 2 is 2.04 bits per heavy atom. The summed E-state index contributed by atoms with van der Waals surface area (Å²) in [5.41, 5.74) is 1.31. The molecule has 0 aliphatic heterocycles. The fraction of sp³-hybridized carbons (Fsp3) is 0.526. The molecule has 1 fully saturated rings. The highest BCUT2D eigenvalue weighted by Gasteiger charge is 2.31. The SMILES string of the molecule is CC(C)(C)n1nc(C2CC2)cc1C(=O)NCc1cccnc1OCC(F)(F)F. The van der Waals surface area contributed by atoms with Gasteiger partial charge in [-0.15, -0.1) is 0 Å². The number of ether oxygens (including phenoxy) is 1. The molecule has 6 nitrogen and oxygen atoms in total. The molecule has 0 radical (unpaired) electrons. The van der Waals surface area contributed by atoms with Crippen molar-refractivity contribution < 1.29 is 22.7 Å². The third-order valence-electron chi connectivity index (χ3n) is 4.25. The van der Waals surface area contributed by atoms with Crippen molar-refractivity contribution in [2.45, 2.75) is 57.8 Å². The molecule has 28 heavy (non-hydrogen) atoms. The number of nitrogens with one attached hydrogen (secondary N) is 1. The van der Waals surface area contributed by atoms with Crippen LogP contribution >= 0.6 is 0 Å². The van der Waals surface area contributed by atoms with Gasteiger partial charge in [-0.25, -0.2) is 4.98 Å². The monoisotopic (exact) mass is 396 g/mol. The second-order valence-electron chi connectivity index (χ2n) is 7.87. The number of alkyl halides is 3. The second-order valence-corrected chi connectivity index (χ2v) is 7.87. The van der Waals surface area contributed by atoms with Crippen LogP contribution < -0.4 is 10.1 Å².